The third-order valence-corrected chi connectivity index (χ3v) is 4.30. The molecule has 0 aromatic carbocycles. The highest BCUT2D eigenvalue weighted by Crippen LogP contribution is 2.10. The van der Waals surface area contributed by atoms with Crippen LogP contribution >= 0.6 is 35.6 Å². The van der Waals surface area contributed by atoms with Crippen molar-refractivity contribution in [2.24, 2.45) is 4.99 Å². The quantitative estimate of drug-likeness (QED) is 0.250. The zero-order valence-corrected chi connectivity index (χ0v) is 19.2. The molecule has 2 N–H and O–H groups in total. The lowest BCUT2D eigenvalue weighted by Gasteiger charge is -2.19. The zero-order valence-electron chi connectivity index (χ0n) is 16.1. The molecule has 0 spiro atoms. The lowest BCUT2D eigenvalue weighted by atomic mass is 10.2. The van der Waals surface area contributed by atoms with Crippen molar-refractivity contribution in [2.75, 3.05) is 31.6 Å². The van der Waals surface area contributed by atoms with Crippen molar-refractivity contribution >= 4 is 47.4 Å². The Kier molecular flexibility index (Phi) is 11.0. The molecule has 0 fully saturated rings. The smallest absolute Gasteiger partial charge is 0.191 e. The monoisotopic (exact) mass is 502 g/mol. The molecule has 2 rings (SSSR count). The van der Waals surface area contributed by atoms with Gasteiger partial charge in [0.05, 0.1) is 0 Å². The molecule has 0 aliphatic carbocycles. The van der Waals surface area contributed by atoms with Crippen LogP contribution in [0.1, 0.15) is 25.0 Å². The molecular weight excluding hydrogens is 475 g/mol. The number of guanidine groups is 1. The fraction of sp³-hybridized carbons (Fsp3) is 0.421. The van der Waals surface area contributed by atoms with Crippen molar-refractivity contribution < 1.29 is 0 Å². The molecule has 27 heavy (non-hydrogen) atoms. The Hall–Kier alpha value is -1.61. The summed E-state index contributed by atoms with van der Waals surface area (Å²) in [4.78, 5) is 15.1. The first kappa shape index (κ1) is 23.4. The number of nitrogens with zero attached hydrogens (tertiary/aromatic N) is 4. The molecule has 0 saturated heterocycles. The standard InChI is InChI=1S/C19H27ClN6.HI/c1-4-26(5-2)18-9-7-16(13-24-18)14-25-19(21-3)22-11-10-15-6-8-17(20)23-12-15;/h6-9,12-13H,4-5,10-11,14H2,1-3H3,(H2,21,22,25);1H. The Morgan fingerprint density at radius 1 is 1.04 bits per heavy atom. The van der Waals surface area contributed by atoms with Crippen LogP contribution in [0.3, 0.4) is 0 Å². The van der Waals surface area contributed by atoms with E-state index in [1.807, 2.05) is 12.3 Å². The Balaban J connectivity index is 0.00000364. The normalized spacial score (nSPS) is 10.9. The SMILES string of the molecule is CCN(CC)c1ccc(CNC(=NC)NCCc2ccc(Cl)nc2)cn1.I. The summed E-state index contributed by atoms with van der Waals surface area (Å²) in [6.07, 6.45) is 4.56. The summed E-state index contributed by atoms with van der Waals surface area (Å²) in [5.74, 6) is 1.78. The van der Waals surface area contributed by atoms with E-state index >= 15 is 0 Å². The highest BCUT2D eigenvalue weighted by Gasteiger charge is 2.04. The zero-order chi connectivity index (χ0) is 18.8. The molecule has 0 radical (unpaired) electrons. The summed E-state index contributed by atoms with van der Waals surface area (Å²) in [5.41, 5.74) is 2.25. The fourth-order valence-electron chi connectivity index (χ4n) is 2.54. The molecule has 0 bridgehead atoms. The van der Waals surface area contributed by atoms with Crippen LogP contribution in [0.25, 0.3) is 0 Å². The number of rotatable bonds is 8. The van der Waals surface area contributed by atoms with Gasteiger partial charge >= 0.3 is 0 Å². The van der Waals surface area contributed by atoms with E-state index < -0.39 is 0 Å². The first-order chi connectivity index (χ1) is 12.7. The molecular formula is C19H28ClIN6. The minimum Gasteiger partial charge on any atom is -0.357 e. The lowest BCUT2D eigenvalue weighted by Crippen LogP contribution is -2.37. The predicted molar refractivity (Wildman–Crippen MR) is 124 cm³/mol. The van der Waals surface area contributed by atoms with Crippen LogP contribution in [-0.2, 0) is 13.0 Å². The van der Waals surface area contributed by atoms with Gasteiger partial charge in [0, 0.05) is 45.6 Å². The van der Waals surface area contributed by atoms with Crippen LogP contribution in [0.2, 0.25) is 5.15 Å². The third kappa shape index (κ3) is 7.88. The maximum Gasteiger partial charge on any atom is 0.191 e. The summed E-state index contributed by atoms with van der Waals surface area (Å²) in [6, 6.07) is 7.95. The van der Waals surface area contributed by atoms with E-state index in [0.29, 0.717) is 11.7 Å². The third-order valence-electron chi connectivity index (χ3n) is 4.07. The number of nitrogens with one attached hydrogen (secondary N) is 2. The Labute approximate surface area is 183 Å². The molecule has 0 saturated carbocycles. The second kappa shape index (κ2) is 12.7. The van der Waals surface area contributed by atoms with Gasteiger partial charge in [0.15, 0.2) is 5.96 Å². The molecule has 8 heteroatoms. The molecule has 0 atom stereocenters. The highest BCUT2D eigenvalue weighted by atomic mass is 127. The molecule has 148 valence electrons. The summed E-state index contributed by atoms with van der Waals surface area (Å²) in [5, 5.41) is 7.12. The summed E-state index contributed by atoms with van der Waals surface area (Å²) in [7, 11) is 1.76. The van der Waals surface area contributed by atoms with Gasteiger partial charge in [-0.15, -0.1) is 24.0 Å². The van der Waals surface area contributed by atoms with Gasteiger partial charge in [-0.25, -0.2) is 9.97 Å². The summed E-state index contributed by atoms with van der Waals surface area (Å²) >= 11 is 5.80. The van der Waals surface area contributed by atoms with Gasteiger partial charge < -0.3 is 15.5 Å². The van der Waals surface area contributed by atoms with Crippen LogP contribution < -0.4 is 15.5 Å². The molecule has 2 heterocycles. The van der Waals surface area contributed by atoms with Crippen LogP contribution in [0.5, 0.6) is 0 Å². The van der Waals surface area contributed by atoms with Crippen molar-refractivity contribution in [1.29, 1.82) is 0 Å². The van der Waals surface area contributed by atoms with Crippen molar-refractivity contribution in [3.63, 3.8) is 0 Å². The molecule has 0 unspecified atom stereocenters. The number of hydrogen-bond donors (Lipinski definition) is 2. The number of hydrogen-bond acceptors (Lipinski definition) is 4. The molecule has 2 aromatic heterocycles. The predicted octanol–water partition coefficient (Wildman–Crippen LogP) is 3.50. The van der Waals surface area contributed by atoms with Crippen LogP contribution in [0, 0.1) is 0 Å². The van der Waals surface area contributed by atoms with Gasteiger partial charge in [-0.2, -0.15) is 0 Å². The minimum atomic E-state index is 0. The van der Waals surface area contributed by atoms with E-state index in [1.165, 1.54) is 0 Å². The van der Waals surface area contributed by atoms with Crippen LogP contribution in [0.15, 0.2) is 41.7 Å². The van der Waals surface area contributed by atoms with E-state index in [9.17, 15) is 0 Å². The number of pyridine rings is 2. The first-order valence-corrected chi connectivity index (χ1v) is 9.28. The summed E-state index contributed by atoms with van der Waals surface area (Å²) < 4.78 is 0. The average Bonchev–Trinajstić information content (AvgIpc) is 2.68. The van der Waals surface area contributed by atoms with Crippen molar-refractivity contribution in [2.45, 2.75) is 26.8 Å². The number of aliphatic imine (C=N–C) groups is 1. The number of aromatic nitrogens is 2. The highest BCUT2D eigenvalue weighted by molar-refractivity contribution is 14.0. The average molecular weight is 503 g/mol. The number of anilines is 1. The van der Waals surface area contributed by atoms with E-state index in [2.05, 4.69) is 56.5 Å². The lowest BCUT2D eigenvalue weighted by molar-refractivity contribution is 0.789. The van der Waals surface area contributed by atoms with Gasteiger partial charge in [-0.05, 0) is 43.5 Å². The van der Waals surface area contributed by atoms with Gasteiger partial charge in [0.2, 0.25) is 0 Å². The Bertz CT molecular complexity index is 686. The van der Waals surface area contributed by atoms with Crippen molar-refractivity contribution in [1.82, 2.24) is 20.6 Å². The topological polar surface area (TPSA) is 65.4 Å². The second-order valence-corrected chi connectivity index (χ2v) is 6.18. The van der Waals surface area contributed by atoms with E-state index in [1.54, 1.807) is 19.3 Å². The minimum absolute atomic E-state index is 0. The first-order valence-electron chi connectivity index (χ1n) is 8.91. The van der Waals surface area contributed by atoms with Crippen LogP contribution in [0.4, 0.5) is 5.82 Å². The van der Waals surface area contributed by atoms with Crippen molar-refractivity contribution in [3.05, 3.63) is 52.9 Å². The summed E-state index contributed by atoms with van der Waals surface area (Å²) in [6.45, 7) is 7.63. The van der Waals surface area contributed by atoms with E-state index in [0.717, 1.165) is 49.0 Å². The molecule has 0 amide bonds. The molecule has 0 aliphatic heterocycles. The van der Waals surface area contributed by atoms with Gasteiger partial charge in [-0.1, -0.05) is 23.7 Å². The largest absolute Gasteiger partial charge is 0.357 e. The van der Waals surface area contributed by atoms with Gasteiger partial charge in [0.25, 0.3) is 0 Å². The van der Waals surface area contributed by atoms with E-state index in [-0.39, 0.29) is 24.0 Å². The number of halogens is 2. The molecule has 6 nitrogen and oxygen atoms in total. The van der Waals surface area contributed by atoms with Crippen molar-refractivity contribution in [3.8, 4) is 0 Å². The Morgan fingerprint density at radius 3 is 2.30 bits per heavy atom. The molecule has 0 aliphatic rings. The van der Waals surface area contributed by atoms with E-state index in [4.69, 9.17) is 11.6 Å². The van der Waals surface area contributed by atoms with Gasteiger partial charge in [-0.3, -0.25) is 4.99 Å². The van der Waals surface area contributed by atoms with Gasteiger partial charge in [0.1, 0.15) is 11.0 Å². The maximum atomic E-state index is 5.80. The van der Waals surface area contributed by atoms with Crippen LogP contribution in [-0.4, -0.2) is 42.6 Å². The fourth-order valence-corrected chi connectivity index (χ4v) is 2.65. The Morgan fingerprint density at radius 2 is 1.74 bits per heavy atom. The second-order valence-electron chi connectivity index (χ2n) is 5.79. The molecule has 2 aromatic rings. The maximum absolute atomic E-state index is 5.80.